The molecule has 2 rings (SSSR count). The van der Waals surface area contributed by atoms with Crippen LogP contribution < -0.4 is 16.6 Å². The van der Waals surface area contributed by atoms with Crippen molar-refractivity contribution < 1.29 is 4.79 Å². The third-order valence-corrected chi connectivity index (χ3v) is 2.86. The Bertz CT molecular complexity index is 607. The molecule has 1 aromatic heterocycles. The SMILES string of the molecule is Cc1ccc(NN)c(C(=O)NCCc2ncn(C)n2)c1. The van der Waals surface area contributed by atoms with Gasteiger partial charge in [0.25, 0.3) is 5.91 Å². The first-order valence-electron chi connectivity index (χ1n) is 6.30. The molecule has 106 valence electrons. The number of nitrogens with zero attached hydrogens (tertiary/aromatic N) is 3. The summed E-state index contributed by atoms with van der Waals surface area (Å²) in [4.78, 5) is 16.2. The Morgan fingerprint density at radius 2 is 2.25 bits per heavy atom. The van der Waals surface area contributed by atoms with Crippen molar-refractivity contribution in [2.75, 3.05) is 12.0 Å². The van der Waals surface area contributed by atoms with Crippen LogP contribution in [0.1, 0.15) is 21.7 Å². The Morgan fingerprint density at radius 3 is 2.90 bits per heavy atom. The van der Waals surface area contributed by atoms with Gasteiger partial charge in [0.05, 0.1) is 11.3 Å². The van der Waals surface area contributed by atoms with Crippen LogP contribution in [0.3, 0.4) is 0 Å². The summed E-state index contributed by atoms with van der Waals surface area (Å²) < 4.78 is 1.63. The van der Waals surface area contributed by atoms with Gasteiger partial charge in [0.2, 0.25) is 0 Å². The number of carbonyl (C=O) groups excluding carboxylic acids is 1. The number of hydrogen-bond donors (Lipinski definition) is 3. The van der Waals surface area contributed by atoms with Gasteiger partial charge in [-0.15, -0.1) is 0 Å². The molecule has 1 aromatic carbocycles. The summed E-state index contributed by atoms with van der Waals surface area (Å²) in [7, 11) is 1.81. The Kier molecular flexibility index (Phi) is 4.31. The molecule has 0 aliphatic heterocycles. The van der Waals surface area contributed by atoms with Crippen LogP contribution in [0.5, 0.6) is 0 Å². The van der Waals surface area contributed by atoms with E-state index in [2.05, 4.69) is 20.8 Å². The van der Waals surface area contributed by atoms with Gasteiger partial charge >= 0.3 is 0 Å². The van der Waals surface area contributed by atoms with Crippen LogP contribution in [0.4, 0.5) is 5.69 Å². The lowest BCUT2D eigenvalue weighted by atomic mass is 10.1. The van der Waals surface area contributed by atoms with E-state index in [1.54, 1.807) is 30.2 Å². The number of anilines is 1. The summed E-state index contributed by atoms with van der Waals surface area (Å²) >= 11 is 0. The first-order valence-corrected chi connectivity index (χ1v) is 6.30. The highest BCUT2D eigenvalue weighted by molar-refractivity contribution is 5.99. The van der Waals surface area contributed by atoms with Crippen molar-refractivity contribution in [1.29, 1.82) is 0 Å². The summed E-state index contributed by atoms with van der Waals surface area (Å²) in [5.74, 6) is 5.94. The summed E-state index contributed by atoms with van der Waals surface area (Å²) in [6.07, 6.45) is 2.22. The maximum atomic E-state index is 12.1. The van der Waals surface area contributed by atoms with Crippen molar-refractivity contribution in [1.82, 2.24) is 20.1 Å². The van der Waals surface area contributed by atoms with Gasteiger partial charge in [-0.2, -0.15) is 5.10 Å². The van der Waals surface area contributed by atoms with Crippen molar-refractivity contribution in [3.8, 4) is 0 Å². The van der Waals surface area contributed by atoms with Crippen LogP contribution in [0.25, 0.3) is 0 Å². The van der Waals surface area contributed by atoms with Crippen LogP contribution in [-0.4, -0.2) is 27.2 Å². The number of nitrogen functional groups attached to an aromatic ring is 1. The number of aromatic nitrogens is 3. The van der Waals surface area contributed by atoms with Gasteiger partial charge in [0.1, 0.15) is 6.33 Å². The van der Waals surface area contributed by atoms with Gasteiger partial charge in [-0.05, 0) is 19.1 Å². The molecule has 0 unspecified atom stereocenters. The molecular formula is C13H18N6O. The number of nitrogens with two attached hydrogens (primary N) is 1. The van der Waals surface area contributed by atoms with E-state index in [1.807, 2.05) is 13.0 Å². The van der Waals surface area contributed by atoms with Gasteiger partial charge in [-0.3, -0.25) is 15.3 Å². The van der Waals surface area contributed by atoms with E-state index in [4.69, 9.17) is 5.84 Å². The molecular weight excluding hydrogens is 256 g/mol. The van der Waals surface area contributed by atoms with Crippen LogP contribution in [0.2, 0.25) is 0 Å². The molecule has 1 amide bonds. The average Bonchev–Trinajstić information content (AvgIpc) is 2.84. The Hall–Kier alpha value is -2.41. The minimum atomic E-state index is -0.169. The van der Waals surface area contributed by atoms with E-state index in [-0.39, 0.29) is 5.91 Å². The zero-order valence-corrected chi connectivity index (χ0v) is 11.6. The molecule has 0 saturated carbocycles. The van der Waals surface area contributed by atoms with E-state index >= 15 is 0 Å². The second-order valence-electron chi connectivity index (χ2n) is 4.53. The monoisotopic (exact) mass is 274 g/mol. The maximum Gasteiger partial charge on any atom is 0.253 e. The van der Waals surface area contributed by atoms with Crippen molar-refractivity contribution in [3.05, 3.63) is 41.5 Å². The number of carbonyl (C=O) groups is 1. The van der Waals surface area contributed by atoms with Crippen molar-refractivity contribution in [2.45, 2.75) is 13.3 Å². The predicted molar refractivity (Wildman–Crippen MR) is 76.0 cm³/mol. The quantitative estimate of drug-likeness (QED) is 0.541. The first-order chi connectivity index (χ1) is 9.60. The molecule has 20 heavy (non-hydrogen) atoms. The molecule has 1 heterocycles. The smallest absolute Gasteiger partial charge is 0.253 e. The first kappa shape index (κ1) is 14.0. The molecule has 4 N–H and O–H groups in total. The number of hydrazine groups is 1. The molecule has 2 aromatic rings. The molecule has 7 heteroatoms. The van der Waals surface area contributed by atoms with Crippen LogP contribution in [0.15, 0.2) is 24.5 Å². The fraction of sp³-hybridized carbons (Fsp3) is 0.308. The van der Waals surface area contributed by atoms with E-state index in [1.165, 1.54) is 0 Å². The molecule has 0 aliphatic carbocycles. The lowest BCUT2D eigenvalue weighted by Crippen LogP contribution is -2.27. The minimum Gasteiger partial charge on any atom is -0.352 e. The topological polar surface area (TPSA) is 97.9 Å². The molecule has 0 radical (unpaired) electrons. The zero-order valence-electron chi connectivity index (χ0n) is 11.6. The predicted octanol–water partition coefficient (Wildman–Crippen LogP) is 0.382. The van der Waals surface area contributed by atoms with E-state index < -0.39 is 0 Å². The Labute approximate surface area is 117 Å². The summed E-state index contributed by atoms with van der Waals surface area (Å²) in [6.45, 7) is 2.40. The third kappa shape index (κ3) is 3.33. The van der Waals surface area contributed by atoms with Gasteiger partial charge in [-0.25, -0.2) is 4.98 Å². The van der Waals surface area contributed by atoms with Gasteiger partial charge in [0.15, 0.2) is 5.82 Å². The zero-order chi connectivity index (χ0) is 14.5. The highest BCUT2D eigenvalue weighted by atomic mass is 16.1. The van der Waals surface area contributed by atoms with E-state index in [0.717, 1.165) is 5.56 Å². The fourth-order valence-corrected chi connectivity index (χ4v) is 1.85. The fourth-order valence-electron chi connectivity index (χ4n) is 1.85. The third-order valence-electron chi connectivity index (χ3n) is 2.86. The van der Waals surface area contributed by atoms with Crippen LogP contribution in [-0.2, 0) is 13.5 Å². The van der Waals surface area contributed by atoms with Crippen LogP contribution >= 0.6 is 0 Å². The highest BCUT2D eigenvalue weighted by Crippen LogP contribution is 2.15. The standard InChI is InChI=1S/C13H18N6O/c1-9-3-4-11(17-14)10(7-9)13(20)15-6-5-12-16-8-19(2)18-12/h3-4,7-8,17H,5-6,14H2,1-2H3,(H,15,20). The minimum absolute atomic E-state index is 0.169. The lowest BCUT2D eigenvalue weighted by Gasteiger charge is -2.10. The van der Waals surface area contributed by atoms with Crippen LogP contribution in [0, 0.1) is 6.92 Å². The second-order valence-corrected chi connectivity index (χ2v) is 4.53. The van der Waals surface area contributed by atoms with E-state index in [9.17, 15) is 4.79 Å². The largest absolute Gasteiger partial charge is 0.352 e. The number of benzene rings is 1. The number of hydrogen-bond acceptors (Lipinski definition) is 5. The molecule has 7 nitrogen and oxygen atoms in total. The molecule has 0 aliphatic rings. The van der Waals surface area contributed by atoms with Gasteiger partial charge in [0, 0.05) is 20.0 Å². The lowest BCUT2D eigenvalue weighted by molar-refractivity contribution is 0.0954. The average molecular weight is 274 g/mol. The number of aryl methyl sites for hydroxylation is 2. The maximum absolute atomic E-state index is 12.1. The Morgan fingerprint density at radius 1 is 1.45 bits per heavy atom. The number of amides is 1. The normalized spacial score (nSPS) is 10.3. The van der Waals surface area contributed by atoms with Crippen molar-refractivity contribution in [2.24, 2.45) is 12.9 Å². The molecule has 0 bridgehead atoms. The summed E-state index contributed by atoms with van der Waals surface area (Å²) in [6, 6.07) is 5.47. The van der Waals surface area contributed by atoms with Gasteiger partial charge < -0.3 is 10.7 Å². The van der Waals surface area contributed by atoms with Gasteiger partial charge in [-0.1, -0.05) is 11.6 Å². The summed E-state index contributed by atoms with van der Waals surface area (Å²) in [5.41, 5.74) is 4.66. The molecule has 0 spiro atoms. The van der Waals surface area contributed by atoms with E-state index in [0.29, 0.717) is 30.0 Å². The van der Waals surface area contributed by atoms with Crippen molar-refractivity contribution >= 4 is 11.6 Å². The number of nitrogens with one attached hydrogen (secondary N) is 2. The molecule has 0 atom stereocenters. The second kappa shape index (κ2) is 6.16. The molecule has 0 fully saturated rings. The number of rotatable bonds is 5. The van der Waals surface area contributed by atoms with Crippen molar-refractivity contribution in [3.63, 3.8) is 0 Å². The molecule has 0 saturated heterocycles. The highest BCUT2D eigenvalue weighted by Gasteiger charge is 2.11. The Balaban J connectivity index is 1.96. The summed E-state index contributed by atoms with van der Waals surface area (Å²) in [5, 5.41) is 6.98.